The molecule has 0 heterocycles. The van der Waals surface area contributed by atoms with Gasteiger partial charge < -0.3 is 27.2 Å². The highest BCUT2D eigenvalue weighted by Crippen LogP contribution is 1.97. The normalized spacial score (nSPS) is 11.9. The second-order valence-electron chi connectivity index (χ2n) is 3.41. The Balaban J connectivity index is 3.51. The Hall–Kier alpha value is -1.34. The Morgan fingerprint density at radius 1 is 1.19 bits per heavy atom. The third kappa shape index (κ3) is 8.01. The molecule has 0 fully saturated rings. The van der Waals surface area contributed by atoms with Crippen LogP contribution in [0.4, 0.5) is 4.79 Å². The van der Waals surface area contributed by atoms with Crippen LogP contribution in [-0.4, -0.2) is 42.8 Å². The van der Waals surface area contributed by atoms with Crippen LogP contribution in [0.5, 0.6) is 0 Å². The first-order chi connectivity index (χ1) is 7.57. The predicted octanol–water partition coefficient (Wildman–Crippen LogP) is -1.17. The van der Waals surface area contributed by atoms with Crippen LogP contribution >= 0.6 is 0 Å². The van der Waals surface area contributed by atoms with Crippen LogP contribution in [0.15, 0.2) is 0 Å². The molecule has 0 aromatic carbocycles. The molecule has 94 valence electrons. The summed E-state index contributed by atoms with van der Waals surface area (Å²) in [7, 11) is 0. The largest absolute Gasteiger partial charge is 0.465 e. The van der Waals surface area contributed by atoms with Crippen LogP contribution in [0.2, 0.25) is 0 Å². The van der Waals surface area contributed by atoms with Crippen LogP contribution in [-0.2, 0) is 4.79 Å². The number of carboxylic acid groups (broad SMARTS) is 1. The molecule has 2 amide bonds. The number of unbranched alkanes of at least 4 members (excludes halogenated alkanes) is 1. The lowest BCUT2D eigenvalue weighted by atomic mass is 10.1. The summed E-state index contributed by atoms with van der Waals surface area (Å²) in [6.07, 6.45) is 1.15. The van der Waals surface area contributed by atoms with Crippen molar-refractivity contribution in [1.82, 2.24) is 10.6 Å². The third-order valence-corrected chi connectivity index (χ3v) is 2.01. The van der Waals surface area contributed by atoms with Crippen LogP contribution in [0.25, 0.3) is 0 Å². The van der Waals surface area contributed by atoms with Crippen molar-refractivity contribution in [3.8, 4) is 0 Å². The van der Waals surface area contributed by atoms with Crippen LogP contribution in [0.3, 0.4) is 0 Å². The number of hydrogen-bond acceptors (Lipinski definition) is 4. The van der Waals surface area contributed by atoms with Gasteiger partial charge in [0.2, 0.25) is 5.91 Å². The van der Waals surface area contributed by atoms with Crippen LogP contribution in [0, 0.1) is 0 Å². The number of nitrogens with one attached hydrogen (secondary N) is 2. The van der Waals surface area contributed by atoms with E-state index in [2.05, 4.69) is 10.6 Å². The maximum absolute atomic E-state index is 11.3. The molecular weight excluding hydrogens is 212 g/mol. The van der Waals surface area contributed by atoms with E-state index in [0.717, 1.165) is 12.8 Å². The Kier molecular flexibility index (Phi) is 8.18. The van der Waals surface area contributed by atoms with Gasteiger partial charge in [0.15, 0.2) is 0 Å². The minimum Gasteiger partial charge on any atom is -0.465 e. The molecule has 0 aliphatic carbocycles. The Labute approximate surface area is 94.6 Å². The van der Waals surface area contributed by atoms with E-state index < -0.39 is 12.1 Å². The third-order valence-electron chi connectivity index (χ3n) is 2.01. The number of nitrogens with two attached hydrogens (primary N) is 2. The molecule has 0 rings (SSSR count). The second-order valence-corrected chi connectivity index (χ2v) is 3.41. The average Bonchev–Trinajstić information content (AvgIpc) is 2.24. The lowest BCUT2D eigenvalue weighted by Gasteiger charge is -2.11. The monoisotopic (exact) mass is 232 g/mol. The van der Waals surface area contributed by atoms with Gasteiger partial charge in [-0.2, -0.15) is 0 Å². The van der Waals surface area contributed by atoms with Gasteiger partial charge >= 0.3 is 6.09 Å². The van der Waals surface area contributed by atoms with E-state index in [-0.39, 0.29) is 19.0 Å². The summed E-state index contributed by atoms with van der Waals surface area (Å²) >= 11 is 0. The average molecular weight is 232 g/mol. The molecule has 0 radical (unpaired) electrons. The van der Waals surface area contributed by atoms with Crippen molar-refractivity contribution in [3.63, 3.8) is 0 Å². The zero-order valence-corrected chi connectivity index (χ0v) is 9.24. The lowest BCUT2D eigenvalue weighted by molar-refractivity contribution is -0.122. The fourth-order valence-electron chi connectivity index (χ4n) is 1.13. The smallest absolute Gasteiger partial charge is 0.404 e. The fraction of sp³-hybridized carbons (Fsp3) is 0.778. The highest BCUT2D eigenvalue weighted by Gasteiger charge is 2.11. The van der Waals surface area contributed by atoms with Gasteiger partial charge in [-0.25, -0.2) is 4.79 Å². The van der Waals surface area contributed by atoms with Crippen molar-refractivity contribution in [3.05, 3.63) is 0 Å². The maximum Gasteiger partial charge on any atom is 0.404 e. The molecule has 7 nitrogen and oxygen atoms in total. The summed E-state index contributed by atoms with van der Waals surface area (Å²) in [6, 6.07) is -0.545. The molecule has 0 saturated heterocycles. The van der Waals surface area contributed by atoms with Gasteiger partial charge in [0.1, 0.15) is 0 Å². The number of carbonyl (C=O) groups excluding carboxylic acids is 1. The van der Waals surface area contributed by atoms with Gasteiger partial charge in [-0.05, 0) is 19.4 Å². The highest BCUT2D eigenvalue weighted by molar-refractivity contribution is 5.81. The first kappa shape index (κ1) is 14.7. The van der Waals surface area contributed by atoms with E-state index in [1.807, 2.05) is 0 Å². The zero-order chi connectivity index (χ0) is 12.4. The molecule has 0 aliphatic heterocycles. The van der Waals surface area contributed by atoms with E-state index in [9.17, 15) is 9.59 Å². The summed E-state index contributed by atoms with van der Waals surface area (Å²) in [4.78, 5) is 21.4. The van der Waals surface area contributed by atoms with E-state index in [1.165, 1.54) is 0 Å². The van der Waals surface area contributed by atoms with Gasteiger partial charge in [-0.1, -0.05) is 6.42 Å². The molecule has 16 heavy (non-hydrogen) atoms. The summed E-state index contributed by atoms with van der Waals surface area (Å²) in [6.45, 7) is 1.02. The molecule has 0 unspecified atom stereocenters. The Bertz CT molecular complexity index is 223. The predicted molar refractivity (Wildman–Crippen MR) is 59.9 cm³/mol. The van der Waals surface area contributed by atoms with Gasteiger partial charge in [0.25, 0.3) is 0 Å². The summed E-state index contributed by atoms with van der Waals surface area (Å²) < 4.78 is 0. The van der Waals surface area contributed by atoms with E-state index in [0.29, 0.717) is 13.0 Å². The zero-order valence-electron chi connectivity index (χ0n) is 9.24. The highest BCUT2D eigenvalue weighted by atomic mass is 16.4. The molecular formula is C9H20N4O3. The van der Waals surface area contributed by atoms with E-state index >= 15 is 0 Å². The molecule has 0 bridgehead atoms. The minimum absolute atomic E-state index is 0.177. The number of amides is 2. The molecule has 1 atom stereocenters. The van der Waals surface area contributed by atoms with Crippen LogP contribution in [0.1, 0.15) is 19.3 Å². The summed E-state index contributed by atoms with van der Waals surface area (Å²) in [5.41, 5.74) is 10.9. The topological polar surface area (TPSA) is 130 Å². The van der Waals surface area contributed by atoms with Crippen molar-refractivity contribution in [1.29, 1.82) is 0 Å². The van der Waals surface area contributed by atoms with Gasteiger partial charge in [0, 0.05) is 13.1 Å². The molecule has 0 spiro atoms. The summed E-state index contributed by atoms with van der Waals surface area (Å²) in [5.74, 6) is -0.260. The number of carbonyl (C=O) groups is 2. The van der Waals surface area contributed by atoms with Crippen molar-refractivity contribution >= 4 is 12.0 Å². The molecule has 0 aromatic rings. The molecule has 0 aliphatic rings. The standard InChI is InChI=1S/C9H20N4O3/c10-4-2-1-3-7(11)8(14)12-5-6-13-9(15)16/h7,13H,1-6,10-11H2,(H,12,14)(H,15,16)/t7-/m0/s1. The number of rotatable bonds is 8. The van der Waals surface area contributed by atoms with Gasteiger partial charge in [-0.15, -0.1) is 0 Å². The first-order valence-electron chi connectivity index (χ1n) is 5.28. The molecule has 0 saturated carbocycles. The van der Waals surface area contributed by atoms with E-state index in [1.54, 1.807) is 0 Å². The van der Waals surface area contributed by atoms with Crippen molar-refractivity contribution in [2.45, 2.75) is 25.3 Å². The second kappa shape index (κ2) is 8.93. The van der Waals surface area contributed by atoms with Crippen molar-refractivity contribution in [2.75, 3.05) is 19.6 Å². The Morgan fingerprint density at radius 3 is 2.38 bits per heavy atom. The van der Waals surface area contributed by atoms with E-state index in [4.69, 9.17) is 16.6 Å². The first-order valence-corrected chi connectivity index (χ1v) is 5.28. The van der Waals surface area contributed by atoms with Gasteiger partial charge in [0.05, 0.1) is 6.04 Å². The minimum atomic E-state index is -1.11. The van der Waals surface area contributed by atoms with Crippen LogP contribution < -0.4 is 22.1 Å². The van der Waals surface area contributed by atoms with Crippen molar-refractivity contribution < 1.29 is 14.7 Å². The molecule has 7 heteroatoms. The fourth-order valence-corrected chi connectivity index (χ4v) is 1.13. The number of hydrogen-bond donors (Lipinski definition) is 5. The van der Waals surface area contributed by atoms with Crippen molar-refractivity contribution in [2.24, 2.45) is 11.5 Å². The van der Waals surface area contributed by atoms with Gasteiger partial charge in [-0.3, -0.25) is 4.79 Å². The summed E-state index contributed by atoms with van der Waals surface area (Å²) in [5, 5.41) is 13.0. The lowest BCUT2D eigenvalue weighted by Crippen LogP contribution is -2.43. The molecule has 0 aromatic heterocycles. The quantitative estimate of drug-likeness (QED) is 0.336. The SMILES string of the molecule is NCCCC[C@H](N)C(=O)NCCNC(=O)O. The maximum atomic E-state index is 11.3. The Morgan fingerprint density at radius 2 is 1.81 bits per heavy atom. The molecule has 7 N–H and O–H groups in total.